The minimum absolute atomic E-state index is 0.259. The molecule has 2 atom stereocenters. The van der Waals surface area contributed by atoms with Crippen molar-refractivity contribution in [2.45, 2.75) is 44.6 Å². The Morgan fingerprint density at radius 1 is 1.14 bits per heavy atom. The average Bonchev–Trinajstić information content (AvgIpc) is 2.53. The van der Waals surface area contributed by atoms with Crippen molar-refractivity contribution in [2.75, 3.05) is 18.4 Å². The fourth-order valence-corrected chi connectivity index (χ4v) is 4.05. The Morgan fingerprint density at radius 3 is 2.67 bits per heavy atom. The van der Waals surface area contributed by atoms with E-state index in [1.807, 2.05) is 24.3 Å². The lowest BCUT2D eigenvalue weighted by atomic mass is 9.78. The quantitative estimate of drug-likeness (QED) is 0.891. The molecule has 1 aromatic carbocycles. The molecule has 1 amide bonds. The predicted molar refractivity (Wildman–Crippen MR) is 89.3 cm³/mol. The van der Waals surface area contributed by atoms with E-state index in [1.54, 1.807) is 0 Å². The Bertz CT molecular complexity index is 486. The number of hydrogen-bond acceptors (Lipinski definition) is 2. The molecule has 114 valence electrons. The van der Waals surface area contributed by atoms with E-state index in [0.29, 0.717) is 12.6 Å². The van der Waals surface area contributed by atoms with Gasteiger partial charge in [0, 0.05) is 22.7 Å². The van der Waals surface area contributed by atoms with Gasteiger partial charge in [0.1, 0.15) is 0 Å². The number of fused-ring (bicyclic) bond motifs is 1. The second-order valence-corrected chi connectivity index (χ2v) is 7.12. The minimum atomic E-state index is 0.259. The van der Waals surface area contributed by atoms with Gasteiger partial charge in [0.25, 0.3) is 0 Å². The summed E-state index contributed by atoms with van der Waals surface area (Å²) in [4.78, 5) is 14.7. The highest BCUT2D eigenvalue weighted by Crippen LogP contribution is 2.35. The van der Waals surface area contributed by atoms with Crippen molar-refractivity contribution in [3.8, 4) is 0 Å². The topological polar surface area (TPSA) is 32.3 Å². The highest BCUT2D eigenvalue weighted by molar-refractivity contribution is 9.10. The van der Waals surface area contributed by atoms with Crippen LogP contribution in [0.1, 0.15) is 38.5 Å². The van der Waals surface area contributed by atoms with Crippen molar-refractivity contribution in [1.82, 2.24) is 4.90 Å². The summed E-state index contributed by atoms with van der Waals surface area (Å²) in [5, 5.41) is 3.25. The SMILES string of the molecule is O=C(CNc1ccc(Br)cc1)N1CCCC2CCCCC21. The molecular formula is C17H23BrN2O. The van der Waals surface area contributed by atoms with E-state index in [-0.39, 0.29) is 5.91 Å². The van der Waals surface area contributed by atoms with Crippen molar-refractivity contribution < 1.29 is 4.79 Å². The van der Waals surface area contributed by atoms with Gasteiger partial charge in [0.05, 0.1) is 6.54 Å². The summed E-state index contributed by atoms with van der Waals surface area (Å²) < 4.78 is 1.06. The highest BCUT2D eigenvalue weighted by Gasteiger charge is 2.35. The van der Waals surface area contributed by atoms with Gasteiger partial charge in [-0.25, -0.2) is 0 Å². The third-order valence-corrected chi connectivity index (χ3v) is 5.38. The monoisotopic (exact) mass is 350 g/mol. The van der Waals surface area contributed by atoms with Gasteiger partial charge in [0.2, 0.25) is 5.91 Å². The Kier molecular flexibility index (Phi) is 4.84. The van der Waals surface area contributed by atoms with Gasteiger partial charge in [0.15, 0.2) is 0 Å². The molecule has 1 aliphatic carbocycles. The molecular weight excluding hydrogens is 328 g/mol. The zero-order valence-corrected chi connectivity index (χ0v) is 13.9. The lowest BCUT2D eigenvalue weighted by Crippen LogP contribution is -2.51. The third-order valence-electron chi connectivity index (χ3n) is 4.85. The van der Waals surface area contributed by atoms with Gasteiger partial charge >= 0.3 is 0 Å². The van der Waals surface area contributed by atoms with Crippen LogP contribution in [0.3, 0.4) is 0 Å². The van der Waals surface area contributed by atoms with E-state index >= 15 is 0 Å². The van der Waals surface area contributed by atoms with Crippen molar-refractivity contribution in [2.24, 2.45) is 5.92 Å². The van der Waals surface area contributed by atoms with Crippen LogP contribution in [0.4, 0.5) is 5.69 Å². The third kappa shape index (κ3) is 3.60. The molecule has 1 aliphatic heterocycles. The van der Waals surface area contributed by atoms with E-state index in [1.165, 1.54) is 38.5 Å². The first-order valence-corrected chi connectivity index (χ1v) is 8.82. The summed E-state index contributed by atoms with van der Waals surface area (Å²) in [7, 11) is 0. The number of carbonyl (C=O) groups excluding carboxylic acids is 1. The summed E-state index contributed by atoms with van der Waals surface area (Å²) >= 11 is 3.42. The Morgan fingerprint density at radius 2 is 1.86 bits per heavy atom. The summed E-state index contributed by atoms with van der Waals surface area (Å²) in [6.45, 7) is 1.35. The van der Waals surface area contributed by atoms with Crippen LogP contribution in [-0.2, 0) is 4.79 Å². The molecule has 2 unspecified atom stereocenters. The first-order chi connectivity index (χ1) is 10.2. The predicted octanol–water partition coefficient (Wildman–Crippen LogP) is 4.04. The van der Waals surface area contributed by atoms with Gasteiger partial charge in [-0.15, -0.1) is 0 Å². The Hall–Kier alpha value is -1.03. The number of amides is 1. The van der Waals surface area contributed by atoms with Crippen molar-refractivity contribution in [3.05, 3.63) is 28.7 Å². The van der Waals surface area contributed by atoms with Crippen LogP contribution in [0.2, 0.25) is 0 Å². The second kappa shape index (κ2) is 6.82. The molecule has 0 aromatic heterocycles. The molecule has 2 fully saturated rings. The molecule has 21 heavy (non-hydrogen) atoms. The van der Waals surface area contributed by atoms with Crippen LogP contribution in [0.15, 0.2) is 28.7 Å². The molecule has 1 saturated heterocycles. The largest absolute Gasteiger partial charge is 0.376 e. The number of likely N-dealkylation sites (tertiary alicyclic amines) is 1. The molecule has 0 spiro atoms. The molecule has 2 aliphatic rings. The Labute approximate surface area is 135 Å². The smallest absolute Gasteiger partial charge is 0.242 e. The first-order valence-electron chi connectivity index (χ1n) is 8.03. The summed E-state index contributed by atoms with van der Waals surface area (Å²) in [6, 6.07) is 8.48. The van der Waals surface area contributed by atoms with Crippen molar-refractivity contribution in [1.29, 1.82) is 0 Å². The van der Waals surface area contributed by atoms with Gasteiger partial charge in [-0.2, -0.15) is 0 Å². The number of hydrogen-bond donors (Lipinski definition) is 1. The number of anilines is 1. The van der Waals surface area contributed by atoms with Gasteiger partial charge in [-0.3, -0.25) is 4.79 Å². The number of halogens is 1. The lowest BCUT2D eigenvalue weighted by Gasteiger charge is -2.44. The van der Waals surface area contributed by atoms with Gasteiger partial charge in [-0.1, -0.05) is 28.8 Å². The van der Waals surface area contributed by atoms with E-state index in [0.717, 1.165) is 22.6 Å². The van der Waals surface area contributed by atoms with Crippen LogP contribution < -0.4 is 5.32 Å². The summed E-state index contributed by atoms with van der Waals surface area (Å²) in [6.07, 6.45) is 7.63. The molecule has 1 N–H and O–H groups in total. The van der Waals surface area contributed by atoms with Crippen LogP contribution in [-0.4, -0.2) is 29.9 Å². The number of rotatable bonds is 3. The van der Waals surface area contributed by atoms with Crippen LogP contribution >= 0.6 is 15.9 Å². The highest BCUT2D eigenvalue weighted by atomic mass is 79.9. The summed E-state index contributed by atoms with van der Waals surface area (Å²) in [5.74, 6) is 1.01. The molecule has 0 radical (unpaired) electrons. The minimum Gasteiger partial charge on any atom is -0.376 e. The van der Waals surface area contributed by atoms with Crippen molar-refractivity contribution >= 4 is 27.5 Å². The fraction of sp³-hybridized carbons (Fsp3) is 0.588. The van der Waals surface area contributed by atoms with Crippen LogP contribution in [0.25, 0.3) is 0 Å². The van der Waals surface area contributed by atoms with Crippen LogP contribution in [0.5, 0.6) is 0 Å². The maximum atomic E-state index is 12.5. The molecule has 4 heteroatoms. The Balaban J connectivity index is 1.57. The number of piperidine rings is 1. The second-order valence-electron chi connectivity index (χ2n) is 6.20. The number of carbonyl (C=O) groups is 1. The maximum Gasteiger partial charge on any atom is 0.242 e. The first kappa shape index (κ1) is 14.9. The zero-order chi connectivity index (χ0) is 14.7. The average molecular weight is 351 g/mol. The molecule has 1 aromatic rings. The van der Waals surface area contributed by atoms with Gasteiger partial charge < -0.3 is 10.2 Å². The molecule has 1 saturated carbocycles. The van der Waals surface area contributed by atoms with Crippen LogP contribution in [0, 0.1) is 5.92 Å². The molecule has 3 nitrogen and oxygen atoms in total. The standard InChI is InChI=1S/C17H23BrN2O/c18-14-7-9-15(10-8-14)19-12-17(21)20-11-3-5-13-4-1-2-6-16(13)20/h7-10,13,16,19H,1-6,11-12H2. The van der Waals surface area contributed by atoms with E-state index in [4.69, 9.17) is 0 Å². The van der Waals surface area contributed by atoms with E-state index < -0.39 is 0 Å². The fourth-order valence-electron chi connectivity index (χ4n) is 3.78. The lowest BCUT2D eigenvalue weighted by molar-refractivity contribution is -0.135. The van der Waals surface area contributed by atoms with Gasteiger partial charge in [-0.05, 0) is 55.9 Å². The van der Waals surface area contributed by atoms with Crippen molar-refractivity contribution in [3.63, 3.8) is 0 Å². The molecule has 1 heterocycles. The normalized spacial score (nSPS) is 25.3. The number of nitrogens with zero attached hydrogens (tertiary/aromatic N) is 1. The summed E-state index contributed by atoms with van der Waals surface area (Å²) in [5.41, 5.74) is 1.00. The zero-order valence-electron chi connectivity index (χ0n) is 12.4. The number of benzene rings is 1. The van der Waals surface area contributed by atoms with E-state index in [2.05, 4.69) is 26.1 Å². The molecule has 3 rings (SSSR count). The van der Waals surface area contributed by atoms with E-state index in [9.17, 15) is 4.79 Å². The number of nitrogens with one attached hydrogen (secondary N) is 1. The maximum absolute atomic E-state index is 12.5. The molecule has 0 bridgehead atoms.